The number of hydrogen-bond donors (Lipinski definition) is 0. The van der Waals surface area contributed by atoms with Gasteiger partial charge < -0.3 is 0 Å². The number of alkyl halides is 1. The highest BCUT2D eigenvalue weighted by Crippen LogP contribution is 2.39. The van der Waals surface area contributed by atoms with Crippen LogP contribution in [0.15, 0.2) is 6.07 Å². The van der Waals surface area contributed by atoms with Crippen LogP contribution in [0.25, 0.3) is 0 Å². The van der Waals surface area contributed by atoms with Crippen molar-refractivity contribution in [3.63, 3.8) is 0 Å². The van der Waals surface area contributed by atoms with Gasteiger partial charge in [0.15, 0.2) is 0 Å². The zero-order chi connectivity index (χ0) is 11.0. The number of rotatable bonds is 0. The molecule has 0 amide bonds. The summed E-state index contributed by atoms with van der Waals surface area (Å²) in [5.74, 6) is 0. The molecule has 1 atom stereocenters. The number of benzene rings is 1. The molecule has 0 fully saturated rings. The minimum Gasteiger partial charge on any atom is -0.118 e. The Labute approximate surface area is 102 Å². The second-order valence-electron chi connectivity index (χ2n) is 4.41. The van der Waals surface area contributed by atoms with Crippen LogP contribution in [-0.2, 0) is 6.42 Å². The highest BCUT2D eigenvalue weighted by Gasteiger charge is 2.21. The normalized spacial score (nSPS) is 20.9. The Balaban J connectivity index is 2.63. The van der Waals surface area contributed by atoms with Crippen LogP contribution in [0.3, 0.4) is 0 Å². The van der Waals surface area contributed by atoms with Crippen molar-refractivity contribution in [3.05, 3.63) is 33.3 Å². The third-order valence-electron chi connectivity index (χ3n) is 3.35. The fourth-order valence-corrected chi connectivity index (χ4v) is 3.19. The van der Waals surface area contributed by atoms with E-state index in [4.69, 9.17) is 23.2 Å². The van der Waals surface area contributed by atoms with E-state index in [0.717, 1.165) is 17.9 Å². The van der Waals surface area contributed by atoms with Gasteiger partial charge in [0, 0.05) is 5.02 Å². The maximum atomic E-state index is 6.44. The third-order valence-corrected chi connectivity index (χ3v) is 4.18. The minimum absolute atomic E-state index is 0.153. The molecule has 0 heterocycles. The van der Waals surface area contributed by atoms with Crippen molar-refractivity contribution in [1.82, 2.24) is 0 Å². The highest BCUT2D eigenvalue weighted by atomic mass is 35.5. The molecule has 0 aromatic heterocycles. The molecule has 0 N–H and O–H groups in total. The lowest BCUT2D eigenvalue weighted by molar-refractivity contribution is 0.698. The summed E-state index contributed by atoms with van der Waals surface area (Å²) in [6.45, 7) is 4.22. The van der Waals surface area contributed by atoms with Crippen LogP contribution in [0.4, 0.5) is 0 Å². The second kappa shape index (κ2) is 4.35. The average molecular weight is 243 g/mol. The van der Waals surface area contributed by atoms with E-state index in [-0.39, 0.29) is 5.38 Å². The predicted octanol–water partition coefficient (Wildman–Crippen LogP) is 4.96. The number of aryl methyl sites for hydroxylation is 1. The van der Waals surface area contributed by atoms with Crippen molar-refractivity contribution in [1.29, 1.82) is 0 Å². The quantitative estimate of drug-likeness (QED) is 0.446. The zero-order valence-electron chi connectivity index (χ0n) is 9.24. The van der Waals surface area contributed by atoms with Gasteiger partial charge in [0.05, 0.1) is 5.38 Å². The monoisotopic (exact) mass is 242 g/mol. The van der Waals surface area contributed by atoms with E-state index in [1.54, 1.807) is 0 Å². The molecule has 0 radical (unpaired) electrons. The lowest BCUT2D eigenvalue weighted by Crippen LogP contribution is -2.01. The molecule has 82 valence electrons. The van der Waals surface area contributed by atoms with Crippen molar-refractivity contribution in [3.8, 4) is 0 Å². The van der Waals surface area contributed by atoms with Crippen LogP contribution in [0.1, 0.15) is 46.9 Å². The lowest BCUT2D eigenvalue weighted by atomic mass is 9.93. The number of halogens is 2. The van der Waals surface area contributed by atoms with E-state index in [1.165, 1.54) is 35.1 Å². The number of hydrogen-bond acceptors (Lipinski definition) is 0. The molecule has 0 aliphatic heterocycles. The zero-order valence-corrected chi connectivity index (χ0v) is 10.8. The first kappa shape index (κ1) is 11.3. The van der Waals surface area contributed by atoms with Crippen LogP contribution in [-0.4, -0.2) is 0 Å². The lowest BCUT2D eigenvalue weighted by Gasteiger charge is -2.17. The van der Waals surface area contributed by atoms with Crippen molar-refractivity contribution in [2.24, 2.45) is 0 Å². The van der Waals surface area contributed by atoms with Gasteiger partial charge in [0.1, 0.15) is 0 Å². The first-order valence-corrected chi connectivity index (χ1v) is 6.35. The van der Waals surface area contributed by atoms with Crippen molar-refractivity contribution in [2.45, 2.75) is 44.9 Å². The molecule has 0 spiro atoms. The van der Waals surface area contributed by atoms with Gasteiger partial charge in [-0.3, -0.25) is 0 Å². The fourth-order valence-electron chi connectivity index (χ4n) is 2.48. The molecule has 0 bridgehead atoms. The summed E-state index contributed by atoms with van der Waals surface area (Å²) in [7, 11) is 0. The summed E-state index contributed by atoms with van der Waals surface area (Å²) >= 11 is 12.7. The molecule has 1 unspecified atom stereocenters. The molecule has 0 nitrogen and oxygen atoms in total. The van der Waals surface area contributed by atoms with Gasteiger partial charge in [0.25, 0.3) is 0 Å². The average Bonchev–Trinajstić information content (AvgIpc) is 2.37. The topological polar surface area (TPSA) is 0 Å². The summed E-state index contributed by atoms with van der Waals surface area (Å²) in [5, 5.41) is 1.01. The molecule has 0 saturated heterocycles. The summed E-state index contributed by atoms with van der Waals surface area (Å²) in [6, 6.07) is 2.07. The van der Waals surface area contributed by atoms with E-state index in [9.17, 15) is 0 Å². The summed E-state index contributed by atoms with van der Waals surface area (Å²) in [4.78, 5) is 0. The van der Waals surface area contributed by atoms with Crippen LogP contribution in [0, 0.1) is 13.8 Å². The maximum absolute atomic E-state index is 6.44. The van der Waals surface area contributed by atoms with Crippen LogP contribution >= 0.6 is 23.2 Å². The van der Waals surface area contributed by atoms with E-state index < -0.39 is 0 Å². The molecule has 1 aliphatic carbocycles. The van der Waals surface area contributed by atoms with E-state index in [1.807, 2.05) is 0 Å². The second-order valence-corrected chi connectivity index (χ2v) is 5.34. The Bertz CT molecular complexity index is 383. The molecule has 2 heteroatoms. The van der Waals surface area contributed by atoms with Gasteiger partial charge in [-0.1, -0.05) is 18.0 Å². The number of fused-ring (bicyclic) bond motifs is 1. The minimum atomic E-state index is 0.153. The Morgan fingerprint density at radius 1 is 1.27 bits per heavy atom. The Kier molecular flexibility index (Phi) is 3.27. The Hall–Kier alpha value is -0.200. The van der Waals surface area contributed by atoms with Crippen LogP contribution in [0.5, 0.6) is 0 Å². The van der Waals surface area contributed by atoms with Gasteiger partial charge in [-0.05, 0) is 61.4 Å². The Morgan fingerprint density at radius 2 is 2.00 bits per heavy atom. The first-order valence-electron chi connectivity index (χ1n) is 5.54. The SMILES string of the molecule is Cc1cc(Cl)c(C)c2c1CCCCC2Cl. The largest absolute Gasteiger partial charge is 0.118 e. The van der Waals surface area contributed by atoms with Gasteiger partial charge in [0.2, 0.25) is 0 Å². The van der Waals surface area contributed by atoms with Crippen molar-refractivity contribution in [2.75, 3.05) is 0 Å². The molecule has 15 heavy (non-hydrogen) atoms. The van der Waals surface area contributed by atoms with Crippen LogP contribution in [0.2, 0.25) is 5.02 Å². The molecular formula is C13H16Cl2. The van der Waals surface area contributed by atoms with Gasteiger partial charge in [-0.25, -0.2) is 0 Å². The smallest absolute Gasteiger partial charge is 0.0591 e. The Morgan fingerprint density at radius 3 is 2.73 bits per heavy atom. The summed E-state index contributed by atoms with van der Waals surface area (Å²) in [5.41, 5.74) is 5.22. The third kappa shape index (κ3) is 2.03. The van der Waals surface area contributed by atoms with Crippen molar-refractivity contribution < 1.29 is 0 Å². The highest BCUT2D eigenvalue weighted by molar-refractivity contribution is 6.31. The summed E-state index contributed by atoms with van der Waals surface area (Å²) in [6.07, 6.45) is 4.70. The molecule has 0 saturated carbocycles. The first-order chi connectivity index (χ1) is 7.11. The van der Waals surface area contributed by atoms with Gasteiger partial charge in [-0.2, -0.15) is 0 Å². The molecule has 1 aromatic carbocycles. The standard InChI is InChI=1S/C13H16Cl2/c1-8-7-12(15)9(2)13-10(8)5-3-4-6-11(13)14/h7,11H,3-6H2,1-2H3. The predicted molar refractivity (Wildman–Crippen MR) is 67.1 cm³/mol. The molecular weight excluding hydrogens is 227 g/mol. The maximum Gasteiger partial charge on any atom is 0.0591 e. The fraction of sp³-hybridized carbons (Fsp3) is 0.538. The van der Waals surface area contributed by atoms with Gasteiger partial charge in [-0.15, -0.1) is 11.6 Å². The van der Waals surface area contributed by atoms with E-state index in [2.05, 4.69) is 19.9 Å². The van der Waals surface area contributed by atoms with Crippen molar-refractivity contribution >= 4 is 23.2 Å². The summed E-state index contributed by atoms with van der Waals surface area (Å²) < 4.78 is 0. The van der Waals surface area contributed by atoms with Gasteiger partial charge >= 0.3 is 0 Å². The van der Waals surface area contributed by atoms with Crippen LogP contribution < -0.4 is 0 Å². The molecule has 1 aliphatic rings. The van der Waals surface area contributed by atoms with E-state index in [0.29, 0.717) is 0 Å². The molecule has 2 rings (SSSR count). The molecule has 1 aromatic rings. The van der Waals surface area contributed by atoms with E-state index >= 15 is 0 Å².